The lowest BCUT2D eigenvalue weighted by Crippen LogP contribution is -2.32. The topological polar surface area (TPSA) is 26.3 Å². The highest BCUT2D eigenvalue weighted by Gasteiger charge is 2.36. The number of hydrogen-bond donors (Lipinski definition) is 0. The predicted molar refractivity (Wildman–Crippen MR) is 45.6 cm³/mol. The van der Waals surface area contributed by atoms with E-state index in [1.165, 1.54) is 18.9 Å². The quantitative estimate of drug-likeness (QED) is 0.627. The molecule has 0 amide bonds. The first-order valence-corrected chi connectivity index (χ1v) is 4.55. The molecular formula is C10H14O2. The number of ether oxygens (including phenoxy) is 1. The zero-order valence-electron chi connectivity index (χ0n) is 7.38. The van der Waals surface area contributed by atoms with E-state index in [-0.39, 0.29) is 11.4 Å². The van der Waals surface area contributed by atoms with Crippen molar-refractivity contribution < 1.29 is 9.53 Å². The second-order valence-corrected chi connectivity index (χ2v) is 4.16. The van der Waals surface area contributed by atoms with Crippen LogP contribution < -0.4 is 0 Å². The molecule has 1 saturated carbocycles. The van der Waals surface area contributed by atoms with E-state index < -0.39 is 0 Å². The molecule has 0 bridgehead atoms. The number of carbonyl (C=O) groups is 1. The number of ketones is 1. The van der Waals surface area contributed by atoms with Gasteiger partial charge in [0.05, 0.1) is 6.26 Å². The molecule has 0 radical (unpaired) electrons. The highest BCUT2D eigenvalue weighted by atomic mass is 16.5. The van der Waals surface area contributed by atoms with Crippen LogP contribution >= 0.6 is 0 Å². The molecule has 1 aliphatic heterocycles. The first kappa shape index (κ1) is 7.84. The largest absolute Gasteiger partial charge is 0.495 e. The normalized spacial score (nSPS) is 34.9. The molecule has 2 rings (SSSR count). The van der Waals surface area contributed by atoms with E-state index >= 15 is 0 Å². The SMILES string of the molecule is CC1(CC2CC2)CC(=O)C=CO1. The summed E-state index contributed by atoms with van der Waals surface area (Å²) >= 11 is 0. The zero-order valence-corrected chi connectivity index (χ0v) is 7.38. The fourth-order valence-corrected chi connectivity index (χ4v) is 1.80. The maximum Gasteiger partial charge on any atom is 0.162 e. The second kappa shape index (κ2) is 2.61. The maximum atomic E-state index is 11.1. The fourth-order valence-electron chi connectivity index (χ4n) is 1.80. The summed E-state index contributed by atoms with van der Waals surface area (Å²) < 4.78 is 5.49. The summed E-state index contributed by atoms with van der Waals surface area (Å²) in [5.74, 6) is 1.01. The summed E-state index contributed by atoms with van der Waals surface area (Å²) in [5, 5.41) is 0. The Hall–Kier alpha value is -0.790. The van der Waals surface area contributed by atoms with Gasteiger partial charge in [-0.05, 0) is 19.3 Å². The Morgan fingerprint density at radius 2 is 2.42 bits per heavy atom. The van der Waals surface area contributed by atoms with Crippen molar-refractivity contribution in [1.29, 1.82) is 0 Å². The number of rotatable bonds is 2. The van der Waals surface area contributed by atoms with Gasteiger partial charge in [0.2, 0.25) is 0 Å². The van der Waals surface area contributed by atoms with Gasteiger partial charge in [-0.25, -0.2) is 0 Å². The molecule has 1 unspecified atom stereocenters. The van der Waals surface area contributed by atoms with E-state index in [0.717, 1.165) is 12.3 Å². The first-order chi connectivity index (χ1) is 5.68. The third-order valence-corrected chi connectivity index (χ3v) is 2.57. The summed E-state index contributed by atoms with van der Waals surface area (Å²) in [6.45, 7) is 2.03. The molecule has 2 aliphatic rings. The summed E-state index contributed by atoms with van der Waals surface area (Å²) in [6.07, 6.45) is 7.31. The minimum atomic E-state index is -0.201. The van der Waals surface area contributed by atoms with Gasteiger partial charge >= 0.3 is 0 Å². The number of hydrogen-bond acceptors (Lipinski definition) is 2. The third kappa shape index (κ3) is 1.68. The van der Waals surface area contributed by atoms with Gasteiger partial charge in [-0.15, -0.1) is 0 Å². The number of allylic oxidation sites excluding steroid dienone is 1. The van der Waals surface area contributed by atoms with Gasteiger partial charge in [0.15, 0.2) is 5.78 Å². The minimum absolute atomic E-state index is 0.199. The molecule has 66 valence electrons. The van der Waals surface area contributed by atoms with Crippen LogP contribution in [0.5, 0.6) is 0 Å². The van der Waals surface area contributed by atoms with Gasteiger partial charge in [-0.1, -0.05) is 12.8 Å². The molecule has 1 fully saturated rings. The Bertz CT molecular complexity index is 228. The van der Waals surface area contributed by atoms with Crippen molar-refractivity contribution in [2.24, 2.45) is 5.92 Å². The molecule has 0 spiro atoms. The van der Waals surface area contributed by atoms with Crippen LogP contribution in [0.4, 0.5) is 0 Å². The van der Waals surface area contributed by atoms with Gasteiger partial charge in [-0.3, -0.25) is 4.79 Å². The molecular weight excluding hydrogens is 152 g/mol. The Morgan fingerprint density at radius 3 is 3.00 bits per heavy atom. The van der Waals surface area contributed by atoms with Crippen LogP contribution in [-0.2, 0) is 9.53 Å². The van der Waals surface area contributed by atoms with Crippen molar-refractivity contribution >= 4 is 5.78 Å². The lowest BCUT2D eigenvalue weighted by Gasteiger charge is -2.30. The van der Waals surface area contributed by atoms with E-state index in [2.05, 4.69) is 0 Å². The molecule has 1 aliphatic carbocycles. The predicted octanol–water partition coefficient (Wildman–Crippen LogP) is 2.05. The molecule has 0 aromatic rings. The minimum Gasteiger partial charge on any atom is -0.495 e. The van der Waals surface area contributed by atoms with Crippen molar-refractivity contribution in [2.45, 2.75) is 38.2 Å². The molecule has 12 heavy (non-hydrogen) atoms. The van der Waals surface area contributed by atoms with Crippen LogP contribution in [-0.4, -0.2) is 11.4 Å². The molecule has 0 aromatic carbocycles. The Kier molecular flexibility index (Phi) is 1.71. The first-order valence-electron chi connectivity index (χ1n) is 4.55. The van der Waals surface area contributed by atoms with Crippen LogP contribution in [0.1, 0.15) is 32.6 Å². The average Bonchev–Trinajstić information content (AvgIpc) is 2.69. The Balaban J connectivity index is 1.99. The summed E-state index contributed by atoms with van der Waals surface area (Å²) in [5.41, 5.74) is -0.201. The van der Waals surface area contributed by atoms with Gasteiger partial charge in [-0.2, -0.15) is 0 Å². The molecule has 0 aromatic heterocycles. The molecule has 2 nitrogen and oxygen atoms in total. The van der Waals surface area contributed by atoms with E-state index in [4.69, 9.17) is 4.74 Å². The Morgan fingerprint density at radius 1 is 1.67 bits per heavy atom. The molecule has 1 heterocycles. The fraction of sp³-hybridized carbons (Fsp3) is 0.700. The van der Waals surface area contributed by atoms with E-state index in [1.807, 2.05) is 6.92 Å². The van der Waals surface area contributed by atoms with Crippen molar-refractivity contribution in [2.75, 3.05) is 0 Å². The van der Waals surface area contributed by atoms with Crippen molar-refractivity contribution in [3.05, 3.63) is 12.3 Å². The van der Waals surface area contributed by atoms with Crippen LogP contribution in [0.25, 0.3) is 0 Å². The summed E-state index contributed by atoms with van der Waals surface area (Å²) in [6, 6.07) is 0. The molecule has 1 atom stereocenters. The van der Waals surface area contributed by atoms with Gasteiger partial charge in [0.1, 0.15) is 5.60 Å². The monoisotopic (exact) mass is 166 g/mol. The van der Waals surface area contributed by atoms with E-state index in [1.54, 1.807) is 6.26 Å². The van der Waals surface area contributed by atoms with Crippen LogP contribution in [0, 0.1) is 5.92 Å². The molecule has 2 heteroatoms. The van der Waals surface area contributed by atoms with Gasteiger partial charge in [0, 0.05) is 12.5 Å². The third-order valence-electron chi connectivity index (χ3n) is 2.57. The van der Waals surface area contributed by atoms with Crippen molar-refractivity contribution in [1.82, 2.24) is 0 Å². The smallest absolute Gasteiger partial charge is 0.162 e. The lowest BCUT2D eigenvalue weighted by molar-refractivity contribution is -0.122. The maximum absolute atomic E-state index is 11.1. The molecule has 0 saturated heterocycles. The van der Waals surface area contributed by atoms with E-state index in [0.29, 0.717) is 6.42 Å². The van der Waals surface area contributed by atoms with Gasteiger partial charge in [0.25, 0.3) is 0 Å². The Labute approximate surface area is 72.6 Å². The lowest BCUT2D eigenvalue weighted by atomic mass is 9.91. The van der Waals surface area contributed by atoms with Gasteiger partial charge < -0.3 is 4.74 Å². The number of carbonyl (C=O) groups excluding carboxylic acids is 1. The zero-order chi connectivity index (χ0) is 8.60. The average molecular weight is 166 g/mol. The van der Waals surface area contributed by atoms with E-state index in [9.17, 15) is 4.79 Å². The van der Waals surface area contributed by atoms with Crippen LogP contribution in [0.15, 0.2) is 12.3 Å². The van der Waals surface area contributed by atoms with Crippen LogP contribution in [0.2, 0.25) is 0 Å². The second-order valence-electron chi connectivity index (χ2n) is 4.16. The summed E-state index contributed by atoms with van der Waals surface area (Å²) in [4.78, 5) is 11.1. The van der Waals surface area contributed by atoms with Crippen molar-refractivity contribution in [3.63, 3.8) is 0 Å². The van der Waals surface area contributed by atoms with Crippen LogP contribution in [0.3, 0.4) is 0 Å². The summed E-state index contributed by atoms with van der Waals surface area (Å²) in [7, 11) is 0. The standard InChI is InChI=1S/C10H14O2/c1-10(6-8-2-3-8)7-9(11)4-5-12-10/h4-5,8H,2-3,6-7H2,1H3. The van der Waals surface area contributed by atoms with Crippen molar-refractivity contribution in [3.8, 4) is 0 Å². The highest BCUT2D eigenvalue weighted by Crippen LogP contribution is 2.40. The highest BCUT2D eigenvalue weighted by molar-refractivity contribution is 5.90. The molecule has 0 N–H and O–H groups in total.